The van der Waals surface area contributed by atoms with Crippen LogP contribution in [-0.2, 0) is 4.74 Å². The zero-order chi connectivity index (χ0) is 10.8. The molecule has 4 heteroatoms. The summed E-state index contributed by atoms with van der Waals surface area (Å²) in [5, 5.41) is 0. The van der Waals surface area contributed by atoms with Crippen molar-refractivity contribution in [2.24, 2.45) is 0 Å². The summed E-state index contributed by atoms with van der Waals surface area (Å²) < 4.78 is 31.4. The van der Waals surface area contributed by atoms with E-state index in [0.717, 1.165) is 12.1 Å². The molecule has 0 bridgehead atoms. The van der Waals surface area contributed by atoms with Crippen molar-refractivity contribution in [2.75, 3.05) is 6.61 Å². The number of hydrogen-bond donors (Lipinski definition) is 0. The van der Waals surface area contributed by atoms with Crippen LogP contribution >= 0.6 is 0 Å². The average Bonchev–Trinajstić information content (AvgIpc) is 2.69. The third kappa shape index (κ3) is 1.75. The first-order chi connectivity index (χ1) is 7.20. The van der Waals surface area contributed by atoms with Crippen LogP contribution in [0.5, 0.6) is 0 Å². The van der Waals surface area contributed by atoms with E-state index in [1.807, 2.05) is 0 Å². The van der Waals surface area contributed by atoms with Gasteiger partial charge < -0.3 is 4.74 Å². The van der Waals surface area contributed by atoms with Crippen LogP contribution in [0.1, 0.15) is 16.8 Å². The Hall–Kier alpha value is -1.71. The van der Waals surface area contributed by atoms with Gasteiger partial charge in [-0.05, 0) is 18.2 Å². The van der Waals surface area contributed by atoms with Crippen molar-refractivity contribution in [2.45, 2.75) is 6.42 Å². The van der Waals surface area contributed by atoms with E-state index in [0.29, 0.717) is 13.0 Å². The molecule has 0 N–H and O–H groups in total. The Morgan fingerprint density at radius 3 is 2.47 bits per heavy atom. The standard InChI is InChI=1S/C11H8F2O2/c12-7-3-1-4-8(13)10(7)11(14)9-5-2-6-15-9/h1,3-5H,2,6H2. The largest absolute Gasteiger partial charge is 0.489 e. The number of allylic oxidation sites excluding steroid dienone is 1. The van der Waals surface area contributed by atoms with Gasteiger partial charge in [-0.15, -0.1) is 0 Å². The van der Waals surface area contributed by atoms with E-state index in [4.69, 9.17) is 4.74 Å². The van der Waals surface area contributed by atoms with Crippen LogP contribution in [0.15, 0.2) is 30.0 Å². The van der Waals surface area contributed by atoms with Crippen molar-refractivity contribution in [1.29, 1.82) is 0 Å². The summed E-state index contributed by atoms with van der Waals surface area (Å²) in [5.41, 5.74) is -0.550. The Labute approximate surface area is 85.2 Å². The van der Waals surface area contributed by atoms with Crippen molar-refractivity contribution in [3.05, 3.63) is 47.2 Å². The number of hydrogen-bond acceptors (Lipinski definition) is 2. The number of ether oxygens (including phenoxy) is 1. The van der Waals surface area contributed by atoms with Gasteiger partial charge in [0.15, 0.2) is 5.76 Å². The highest BCUT2D eigenvalue weighted by Crippen LogP contribution is 2.20. The molecule has 0 atom stereocenters. The maximum Gasteiger partial charge on any atom is 0.233 e. The molecule has 0 radical (unpaired) electrons. The fourth-order valence-corrected chi connectivity index (χ4v) is 1.41. The zero-order valence-corrected chi connectivity index (χ0v) is 7.80. The van der Waals surface area contributed by atoms with Crippen molar-refractivity contribution >= 4 is 5.78 Å². The van der Waals surface area contributed by atoms with E-state index in [2.05, 4.69) is 0 Å². The molecule has 0 unspecified atom stereocenters. The Morgan fingerprint density at radius 1 is 1.27 bits per heavy atom. The monoisotopic (exact) mass is 210 g/mol. The first kappa shape index (κ1) is 9.83. The third-order valence-corrected chi connectivity index (χ3v) is 2.12. The topological polar surface area (TPSA) is 26.3 Å². The molecule has 0 saturated heterocycles. The Balaban J connectivity index is 2.41. The molecule has 1 aliphatic rings. The molecular weight excluding hydrogens is 202 g/mol. The SMILES string of the molecule is O=C(C1=CCCO1)c1c(F)cccc1F. The second-order valence-electron chi connectivity index (χ2n) is 3.13. The predicted molar refractivity (Wildman–Crippen MR) is 49.3 cm³/mol. The van der Waals surface area contributed by atoms with Crippen molar-refractivity contribution < 1.29 is 18.3 Å². The van der Waals surface area contributed by atoms with Crippen LogP contribution in [0.4, 0.5) is 8.78 Å². The first-order valence-corrected chi connectivity index (χ1v) is 4.52. The lowest BCUT2D eigenvalue weighted by Gasteiger charge is -2.04. The summed E-state index contributed by atoms with van der Waals surface area (Å²) >= 11 is 0. The van der Waals surface area contributed by atoms with Gasteiger partial charge in [0.2, 0.25) is 5.78 Å². The lowest BCUT2D eigenvalue weighted by molar-refractivity contribution is 0.0934. The summed E-state index contributed by atoms with van der Waals surface area (Å²) in [4.78, 5) is 11.6. The van der Waals surface area contributed by atoms with Crippen LogP contribution in [0.3, 0.4) is 0 Å². The molecule has 1 aromatic rings. The fourth-order valence-electron chi connectivity index (χ4n) is 1.41. The molecule has 0 amide bonds. The minimum Gasteiger partial charge on any atom is -0.489 e. The van der Waals surface area contributed by atoms with Crippen molar-refractivity contribution in [1.82, 2.24) is 0 Å². The minimum absolute atomic E-state index is 0.0269. The quantitative estimate of drug-likeness (QED) is 0.701. The maximum absolute atomic E-state index is 13.2. The number of carbonyl (C=O) groups excluding carboxylic acids is 1. The summed E-state index contributed by atoms with van der Waals surface area (Å²) in [7, 11) is 0. The smallest absolute Gasteiger partial charge is 0.233 e. The van der Waals surface area contributed by atoms with Crippen LogP contribution < -0.4 is 0 Å². The van der Waals surface area contributed by atoms with Gasteiger partial charge in [-0.1, -0.05) is 6.07 Å². The number of carbonyl (C=O) groups is 1. The van der Waals surface area contributed by atoms with E-state index in [-0.39, 0.29) is 5.76 Å². The van der Waals surface area contributed by atoms with Gasteiger partial charge in [0, 0.05) is 6.42 Å². The Kier molecular flexibility index (Phi) is 2.49. The van der Waals surface area contributed by atoms with Gasteiger partial charge in [0.05, 0.1) is 12.2 Å². The predicted octanol–water partition coefficient (Wildman–Crippen LogP) is 2.45. The van der Waals surface area contributed by atoms with Gasteiger partial charge >= 0.3 is 0 Å². The van der Waals surface area contributed by atoms with E-state index >= 15 is 0 Å². The lowest BCUT2D eigenvalue weighted by Crippen LogP contribution is -2.09. The van der Waals surface area contributed by atoms with E-state index in [1.165, 1.54) is 12.1 Å². The zero-order valence-electron chi connectivity index (χ0n) is 7.80. The molecule has 78 valence electrons. The number of halogens is 2. The molecule has 0 aromatic heterocycles. The van der Waals surface area contributed by atoms with E-state index in [1.54, 1.807) is 0 Å². The number of ketones is 1. The van der Waals surface area contributed by atoms with Gasteiger partial charge in [-0.2, -0.15) is 0 Å². The van der Waals surface area contributed by atoms with Crippen LogP contribution in [-0.4, -0.2) is 12.4 Å². The molecule has 1 aromatic carbocycles. The highest BCUT2D eigenvalue weighted by atomic mass is 19.1. The first-order valence-electron chi connectivity index (χ1n) is 4.52. The van der Waals surface area contributed by atoms with E-state index in [9.17, 15) is 13.6 Å². The molecule has 15 heavy (non-hydrogen) atoms. The van der Waals surface area contributed by atoms with Gasteiger partial charge in [0.1, 0.15) is 11.6 Å². The average molecular weight is 210 g/mol. The lowest BCUT2D eigenvalue weighted by atomic mass is 10.1. The van der Waals surface area contributed by atoms with Crippen LogP contribution in [0.25, 0.3) is 0 Å². The van der Waals surface area contributed by atoms with Crippen molar-refractivity contribution in [3.8, 4) is 0 Å². The molecule has 0 fully saturated rings. The molecule has 1 heterocycles. The Morgan fingerprint density at radius 2 is 1.93 bits per heavy atom. The fraction of sp³-hybridized carbons (Fsp3) is 0.182. The summed E-state index contributed by atoms with van der Waals surface area (Å²) in [6.45, 7) is 0.386. The third-order valence-electron chi connectivity index (χ3n) is 2.12. The van der Waals surface area contributed by atoms with Crippen molar-refractivity contribution in [3.63, 3.8) is 0 Å². The van der Waals surface area contributed by atoms with Gasteiger partial charge in [0.25, 0.3) is 0 Å². The molecule has 0 aliphatic carbocycles. The summed E-state index contributed by atoms with van der Waals surface area (Å²) in [5.74, 6) is -2.44. The minimum atomic E-state index is -0.864. The molecule has 0 saturated carbocycles. The molecule has 2 rings (SSSR count). The summed E-state index contributed by atoms with van der Waals surface area (Å²) in [6.07, 6.45) is 2.13. The van der Waals surface area contributed by atoms with Gasteiger partial charge in [-0.3, -0.25) is 4.79 Å². The maximum atomic E-state index is 13.2. The molecule has 1 aliphatic heterocycles. The number of rotatable bonds is 2. The molecular formula is C11H8F2O2. The normalized spacial score (nSPS) is 14.7. The van der Waals surface area contributed by atoms with E-state index < -0.39 is 23.0 Å². The van der Waals surface area contributed by atoms with Gasteiger partial charge in [-0.25, -0.2) is 8.78 Å². The second-order valence-corrected chi connectivity index (χ2v) is 3.13. The highest BCUT2D eigenvalue weighted by Gasteiger charge is 2.23. The molecule has 2 nitrogen and oxygen atoms in total. The number of Topliss-reactive ketones (excluding diaryl/α,β-unsaturated/α-hetero) is 1. The number of benzene rings is 1. The molecule has 0 spiro atoms. The summed E-state index contributed by atoms with van der Waals surface area (Å²) in [6, 6.07) is 3.31. The van der Waals surface area contributed by atoms with Crippen LogP contribution in [0, 0.1) is 11.6 Å². The Bertz CT molecular complexity index is 418. The van der Waals surface area contributed by atoms with Crippen LogP contribution in [0.2, 0.25) is 0 Å². The highest BCUT2D eigenvalue weighted by molar-refractivity contribution is 6.07. The second kappa shape index (κ2) is 3.81.